The van der Waals surface area contributed by atoms with Crippen LogP contribution in [0.15, 0.2) is 103 Å². The predicted octanol–water partition coefficient (Wildman–Crippen LogP) is 5.06. The van der Waals surface area contributed by atoms with Gasteiger partial charge in [0.1, 0.15) is 6.10 Å². The number of nitrogens with zero attached hydrogens (tertiary/aromatic N) is 1. The van der Waals surface area contributed by atoms with Crippen molar-refractivity contribution in [2.24, 2.45) is 5.92 Å². The van der Waals surface area contributed by atoms with Gasteiger partial charge in [-0.1, -0.05) is 78.9 Å². The summed E-state index contributed by atoms with van der Waals surface area (Å²) in [7, 11) is 0. The van der Waals surface area contributed by atoms with Gasteiger partial charge >= 0.3 is 6.09 Å². The van der Waals surface area contributed by atoms with Gasteiger partial charge in [-0.3, -0.25) is 4.79 Å². The van der Waals surface area contributed by atoms with Crippen LogP contribution >= 0.6 is 0 Å². The minimum Gasteiger partial charge on any atom is -0.466 e. The van der Waals surface area contributed by atoms with Gasteiger partial charge in [-0.25, -0.2) is 4.79 Å². The number of Topliss-reactive ketones (excluding diaryl/α,β-unsaturated/α-hetero) is 1. The number of amides is 1. The molecular weight excluding hydrogens is 544 g/mol. The first-order valence-corrected chi connectivity index (χ1v) is 15.0. The fourth-order valence-electron chi connectivity index (χ4n) is 5.76. The Balaban J connectivity index is 1.28. The number of benzene rings is 3. The Labute approximate surface area is 253 Å². The summed E-state index contributed by atoms with van der Waals surface area (Å²) in [6.07, 6.45) is -0.254. The zero-order chi connectivity index (χ0) is 30.0. The van der Waals surface area contributed by atoms with Crippen molar-refractivity contribution < 1.29 is 28.9 Å². The number of carbonyl (C=O) groups is 2. The van der Waals surface area contributed by atoms with Crippen LogP contribution < -0.4 is 10.2 Å². The third-order valence-electron chi connectivity index (χ3n) is 8.01. The van der Waals surface area contributed by atoms with E-state index in [2.05, 4.69) is 11.9 Å². The molecular formula is C35H40N2O6. The van der Waals surface area contributed by atoms with Crippen LogP contribution in [0.1, 0.15) is 30.4 Å². The van der Waals surface area contributed by atoms with E-state index < -0.39 is 24.3 Å². The monoisotopic (exact) mass is 584 g/mol. The van der Waals surface area contributed by atoms with Crippen LogP contribution in [0.4, 0.5) is 10.5 Å². The summed E-state index contributed by atoms with van der Waals surface area (Å²) in [4.78, 5) is 28.3. The molecule has 5 rings (SSSR count). The fourth-order valence-corrected chi connectivity index (χ4v) is 5.76. The average Bonchev–Trinajstić information content (AvgIpc) is 3.68. The third kappa shape index (κ3) is 8.69. The molecule has 226 valence electrons. The molecule has 0 bridgehead atoms. The summed E-state index contributed by atoms with van der Waals surface area (Å²) in [5, 5.41) is 14.5. The topological polar surface area (TPSA) is 97.3 Å². The highest BCUT2D eigenvalue weighted by Gasteiger charge is 2.35. The number of hydrogen-bond donors (Lipinski definition) is 2. The Morgan fingerprint density at radius 2 is 1.58 bits per heavy atom. The van der Waals surface area contributed by atoms with E-state index in [-0.39, 0.29) is 24.2 Å². The first-order valence-electron chi connectivity index (χ1n) is 15.0. The molecule has 0 spiro atoms. The smallest absolute Gasteiger partial charge is 0.407 e. The third-order valence-corrected chi connectivity index (χ3v) is 8.01. The second-order valence-corrected chi connectivity index (χ2v) is 11.3. The highest BCUT2D eigenvalue weighted by atomic mass is 16.6. The number of ether oxygens (including phenoxy) is 3. The summed E-state index contributed by atoms with van der Waals surface area (Å²) < 4.78 is 16.8. The van der Waals surface area contributed by atoms with Gasteiger partial charge in [0.2, 0.25) is 0 Å². The Kier molecular flexibility index (Phi) is 10.5. The number of nitrogens with one attached hydrogen (secondary N) is 1. The van der Waals surface area contributed by atoms with Gasteiger partial charge in [0.05, 0.1) is 31.9 Å². The summed E-state index contributed by atoms with van der Waals surface area (Å²) in [6.45, 7) is 5.34. The normalized spacial score (nSPS) is 20.2. The van der Waals surface area contributed by atoms with Gasteiger partial charge < -0.3 is 29.5 Å². The van der Waals surface area contributed by atoms with Crippen LogP contribution in [-0.4, -0.2) is 61.1 Å². The summed E-state index contributed by atoms with van der Waals surface area (Å²) in [6, 6.07) is 28.8. The number of anilines is 1. The van der Waals surface area contributed by atoms with Crippen LogP contribution in [-0.2, 0) is 31.8 Å². The lowest BCUT2D eigenvalue weighted by Gasteiger charge is -2.28. The molecule has 2 aliphatic heterocycles. The molecule has 0 saturated carbocycles. The van der Waals surface area contributed by atoms with Crippen LogP contribution in [0.25, 0.3) is 0 Å². The van der Waals surface area contributed by atoms with Crippen LogP contribution in [0, 0.1) is 5.92 Å². The number of carbonyl (C=O) groups excluding carboxylic acids is 2. The van der Waals surface area contributed by atoms with E-state index in [4.69, 9.17) is 14.2 Å². The molecule has 3 aromatic rings. The van der Waals surface area contributed by atoms with Gasteiger partial charge in [-0.05, 0) is 55.0 Å². The molecule has 0 radical (unpaired) electrons. The van der Waals surface area contributed by atoms with E-state index in [1.54, 1.807) is 0 Å². The molecule has 1 unspecified atom stereocenters. The van der Waals surface area contributed by atoms with Gasteiger partial charge in [0.25, 0.3) is 0 Å². The molecule has 43 heavy (non-hydrogen) atoms. The van der Waals surface area contributed by atoms with Gasteiger partial charge in [-0.2, -0.15) is 0 Å². The number of aliphatic hydroxyl groups is 1. The Hall–Kier alpha value is -4.14. The predicted molar refractivity (Wildman–Crippen MR) is 164 cm³/mol. The molecule has 8 nitrogen and oxygen atoms in total. The number of para-hydroxylation sites is 1. The molecule has 2 aliphatic rings. The van der Waals surface area contributed by atoms with E-state index >= 15 is 0 Å². The molecule has 3 aromatic carbocycles. The number of rotatable bonds is 13. The molecule has 2 N–H and O–H groups in total. The molecule has 5 atom stereocenters. The average molecular weight is 585 g/mol. The Morgan fingerprint density at radius 3 is 2.21 bits per heavy atom. The quantitative estimate of drug-likeness (QED) is 0.290. The van der Waals surface area contributed by atoms with Crippen molar-refractivity contribution in [3.05, 3.63) is 115 Å². The van der Waals surface area contributed by atoms with Crippen molar-refractivity contribution >= 4 is 17.6 Å². The van der Waals surface area contributed by atoms with E-state index in [0.717, 1.165) is 16.8 Å². The molecule has 2 saturated heterocycles. The number of aliphatic hydroxyl groups excluding tert-OH is 1. The highest BCUT2D eigenvalue weighted by molar-refractivity contribution is 5.85. The number of ketones is 1. The van der Waals surface area contributed by atoms with E-state index in [9.17, 15) is 14.7 Å². The summed E-state index contributed by atoms with van der Waals surface area (Å²) in [5.74, 6) is 0.218. The lowest BCUT2D eigenvalue weighted by atomic mass is 9.85. The maximum atomic E-state index is 13.6. The lowest BCUT2D eigenvalue weighted by molar-refractivity contribution is -0.127. The minimum absolute atomic E-state index is 0.0408. The maximum Gasteiger partial charge on any atom is 0.407 e. The first kappa shape index (κ1) is 30.3. The second kappa shape index (κ2) is 14.8. The van der Waals surface area contributed by atoms with E-state index in [0.29, 0.717) is 51.3 Å². The van der Waals surface area contributed by atoms with E-state index in [1.807, 2.05) is 95.9 Å². The first-order chi connectivity index (χ1) is 20.9. The molecule has 8 heteroatoms. The molecule has 0 aliphatic carbocycles. The van der Waals surface area contributed by atoms with Gasteiger partial charge in [0.15, 0.2) is 17.8 Å². The van der Waals surface area contributed by atoms with Crippen LogP contribution in [0.2, 0.25) is 0 Å². The van der Waals surface area contributed by atoms with Crippen molar-refractivity contribution in [2.45, 2.75) is 56.5 Å². The number of hydrogen-bond acceptors (Lipinski definition) is 7. The van der Waals surface area contributed by atoms with Crippen LogP contribution in [0.5, 0.6) is 0 Å². The lowest BCUT2D eigenvalue weighted by Crippen LogP contribution is -2.47. The molecule has 0 aromatic heterocycles. The van der Waals surface area contributed by atoms with Crippen molar-refractivity contribution in [1.29, 1.82) is 0 Å². The fraction of sp³-hybridized carbons (Fsp3) is 0.371. The maximum absolute atomic E-state index is 13.6. The molecule has 2 heterocycles. The largest absolute Gasteiger partial charge is 0.466 e. The van der Waals surface area contributed by atoms with E-state index in [1.165, 1.54) is 0 Å². The second-order valence-electron chi connectivity index (χ2n) is 11.3. The van der Waals surface area contributed by atoms with Gasteiger partial charge in [0, 0.05) is 18.5 Å². The Morgan fingerprint density at radius 1 is 0.953 bits per heavy atom. The van der Waals surface area contributed by atoms with Crippen molar-refractivity contribution in [3.8, 4) is 0 Å². The highest BCUT2D eigenvalue weighted by Crippen LogP contribution is 2.29. The summed E-state index contributed by atoms with van der Waals surface area (Å²) in [5.41, 5.74) is 2.97. The molecule has 1 amide bonds. The summed E-state index contributed by atoms with van der Waals surface area (Å²) >= 11 is 0. The van der Waals surface area contributed by atoms with Gasteiger partial charge in [-0.15, -0.1) is 0 Å². The van der Waals surface area contributed by atoms with Crippen molar-refractivity contribution in [2.75, 3.05) is 24.7 Å². The van der Waals surface area contributed by atoms with Crippen molar-refractivity contribution in [1.82, 2.24) is 5.32 Å². The zero-order valence-electron chi connectivity index (χ0n) is 24.3. The molecule has 2 fully saturated rings. The SMILES string of the molecule is C=C1OC(C(=O)C[C@@H](Cc2ccccc2)C[C@H](O)[C@H](Cc2ccccc2)NC(=O)O[C@H]2CCOC2)CN1c1ccccc1. The zero-order valence-corrected chi connectivity index (χ0v) is 24.3. The standard InChI is InChI=1S/C35H40N2O6/c1-25-37(29-15-9-4-10-16-29)23-34(42-25)33(39)22-28(19-26-11-5-2-6-12-26)21-32(38)31(20-27-13-7-3-8-14-27)36-35(40)43-30-17-18-41-24-30/h2-16,28,30-32,34,38H,1,17-24H2,(H,36,40)/t28-,30-,31-,32-,34?/m0/s1. The Bertz CT molecular complexity index is 1330. The minimum atomic E-state index is -0.922. The van der Waals surface area contributed by atoms with Crippen LogP contribution in [0.3, 0.4) is 0 Å². The van der Waals surface area contributed by atoms with Crippen molar-refractivity contribution in [3.63, 3.8) is 0 Å². The number of alkyl carbamates (subject to hydrolysis) is 1.